The molecule has 0 radical (unpaired) electrons. The average molecular weight is 518 g/mol. The van der Waals surface area contributed by atoms with Crippen molar-refractivity contribution in [2.75, 3.05) is 0 Å². The van der Waals surface area contributed by atoms with E-state index in [9.17, 15) is 25.3 Å². The second-order valence-electron chi connectivity index (χ2n) is 9.47. The van der Waals surface area contributed by atoms with E-state index in [2.05, 4.69) is 9.86 Å². The lowest BCUT2D eigenvalue weighted by atomic mass is 10.1. The molecule has 30 heavy (non-hydrogen) atoms. The molecule has 0 fully saturated rings. The van der Waals surface area contributed by atoms with Gasteiger partial charge >= 0.3 is 0 Å². The summed E-state index contributed by atoms with van der Waals surface area (Å²) in [5.74, 6) is 0. The summed E-state index contributed by atoms with van der Waals surface area (Å²) in [6.07, 6.45) is 0. The Kier molecular flexibility index (Phi) is 17.7. The van der Waals surface area contributed by atoms with Crippen LogP contribution < -0.4 is 15.6 Å². The number of hydrogen-bond donors (Lipinski definition) is 3. The second-order valence-corrected chi connectivity index (χ2v) is 17.0. The van der Waals surface area contributed by atoms with Gasteiger partial charge in [0.2, 0.25) is 29.1 Å². The zero-order valence-electron chi connectivity index (χ0n) is 20.4. The molecule has 9 nitrogen and oxygen atoms in total. The van der Waals surface area contributed by atoms with Crippen LogP contribution in [0.5, 0.6) is 0 Å². The van der Waals surface area contributed by atoms with Gasteiger partial charge in [0.05, 0.1) is 15.7 Å². The van der Waals surface area contributed by atoms with E-state index in [1.54, 1.807) is 13.8 Å². The van der Waals surface area contributed by atoms with Gasteiger partial charge in [-0.05, 0) is 83.1 Å². The molecule has 0 amide bonds. The first-order valence-corrected chi connectivity index (χ1v) is 14.8. The molecule has 0 aromatic heterocycles. The number of nitrogens with one attached hydrogen (secondary N) is 1. The SMILES string of the molecule is CC(C)(C)N.CC(C)S(=O)(=O)Cl.CC(C)S(=O)(=O)NC(C)(C)C.CC(C)S(N)(=O)=O. The Morgan fingerprint density at radius 1 is 0.700 bits per heavy atom. The van der Waals surface area contributed by atoms with Crippen molar-refractivity contribution in [1.29, 1.82) is 0 Å². The van der Waals surface area contributed by atoms with Gasteiger partial charge in [0.25, 0.3) is 0 Å². The second kappa shape index (κ2) is 14.2. The first-order chi connectivity index (χ1) is 12.5. The average Bonchev–Trinajstić information content (AvgIpc) is 2.32. The molecule has 13 heteroatoms. The van der Waals surface area contributed by atoms with Gasteiger partial charge in [-0.1, -0.05) is 0 Å². The van der Waals surface area contributed by atoms with Crippen molar-refractivity contribution in [3.05, 3.63) is 0 Å². The van der Waals surface area contributed by atoms with Crippen molar-refractivity contribution in [3.63, 3.8) is 0 Å². The highest BCUT2D eigenvalue weighted by Gasteiger charge is 2.22. The van der Waals surface area contributed by atoms with Crippen LogP contribution in [-0.2, 0) is 29.1 Å². The summed E-state index contributed by atoms with van der Waals surface area (Å²) in [6.45, 7) is 20.8. The van der Waals surface area contributed by atoms with Gasteiger partial charge in [-0.15, -0.1) is 0 Å². The van der Waals surface area contributed by atoms with E-state index >= 15 is 0 Å². The topological polar surface area (TPSA) is 166 Å². The van der Waals surface area contributed by atoms with Gasteiger partial charge in [-0.25, -0.2) is 35.1 Å². The highest BCUT2D eigenvalue weighted by Crippen LogP contribution is 2.05. The Labute approximate surface area is 190 Å². The van der Waals surface area contributed by atoms with E-state index in [-0.39, 0.29) is 16.3 Å². The van der Waals surface area contributed by atoms with Crippen molar-refractivity contribution >= 4 is 39.8 Å². The molecule has 0 saturated heterocycles. The number of hydrogen-bond acceptors (Lipinski definition) is 7. The van der Waals surface area contributed by atoms with E-state index in [1.807, 2.05) is 41.5 Å². The third kappa shape index (κ3) is 35.5. The molecular weight excluding hydrogens is 474 g/mol. The lowest BCUT2D eigenvalue weighted by molar-refractivity contribution is 0.487. The minimum Gasteiger partial charge on any atom is -0.326 e. The van der Waals surface area contributed by atoms with Crippen molar-refractivity contribution in [3.8, 4) is 0 Å². The van der Waals surface area contributed by atoms with Gasteiger partial charge in [-0.2, -0.15) is 0 Å². The standard InChI is InChI=1S/C7H17NO2S.C4H11N.C3H7ClO2S.C3H9NO2S/c1-6(2)11(9,10)8-7(3,4)5;1-4(2,3)5;2*1-3(2)7(4,5)6/h6,8H,1-5H3;5H2,1-3H3;3H,1-2H3;3H,1-2H3,(H2,4,5,6). The summed E-state index contributed by atoms with van der Waals surface area (Å²) >= 11 is 0. The van der Waals surface area contributed by atoms with Gasteiger partial charge in [0.15, 0.2) is 0 Å². The smallest absolute Gasteiger partial charge is 0.234 e. The largest absolute Gasteiger partial charge is 0.326 e. The molecule has 0 aliphatic heterocycles. The lowest BCUT2D eigenvalue weighted by Crippen LogP contribution is -2.43. The van der Waals surface area contributed by atoms with E-state index in [0.29, 0.717) is 0 Å². The van der Waals surface area contributed by atoms with Gasteiger partial charge < -0.3 is 5.73 Å². The molecule has 0 bridgehead atoms. The summed E-state index contributed by atoms with van der Waals surface area (Å²) in [6, 6.07) is 0. The maximum atomic E-state index is 11.2. The third-order valence-electron chi connectivity index (χ3n) is 2.29. The number of rotatable bonds is 4. The number of halogens is 1. The highest BCUT2D eigenvalue weighted by atomic mass is 35.7. The molecule has 0 atom stereocenters. The predicted molar refractivity (Wildman–Crippen MR) is 129 cm³/mol. The number of primary sulfonamides is 1. The maximum absolute atomic E-state index is 11.2. The van der Waals surface area contributed by atoms with Crippen molar-refractivity contribution in [2.24, 2.45) is 10.9 Å². The molecule has 0 spiro atoms. The van der Waals surface area contributed by atoms with Crippen LogP contribution in [0.15, 0.2) is 0 Å². The van der Waals surface area contributed by atoms with Crippen LogP contribution in [0, 0.1) is 0 Å². The molecule has 0 aliphatic carbocycles. The van der Waals surface area contributed by atoms with Crippen molar-refractivity contribution in [2.45, 2.75) is 110 Å². The normalized spacial score (nSPS) is 13.0. The van der Waals surface area contributed by atoms with E-state index < -0.39 is 39.6 Å². The highest BCUT2D eigenvalue weighted by molar-refractivity contribution is 8.14. The first kappa shape index (κ1) is 37.3. The minimum absolute atomic E-state index is 0. The van der Waals surface area contributed by atoms with Crippen molar-refractivity contribution < 1.29 is 25.3 Å². The van der Waals surface area contributed by atoms with Crippen LogP contribution >= 0.6 is 10.7 Å². The van der Waals surface area contributed by atoms with Gasteiger partial charge in [0, 0.05) is 21.8 Å². The molecule has 0 saturated carbocycles. The number of sulfonamides is 2. The van der Waals surface area contributed by atoms with Crippen LogP contribution in [0.3, 0.4) is 0 Å². The van der Waals surface area contributed by atoms with Crippen LogP contribution in [0.1, 0.15) is 83.1 Å². The summed E-state index contributed by atoms with van der Waals surface area (Å²) in [4.78, 5) is 0. The lowest BCUT2D eigenvalue weighted by Gasteiger charge is -2.21. The third-order valence-corrected chi connectivity index (χ3v) is 7.94. The summed E-state index contributed by atoms with van der Waals surface area (Å²) < 4.78 is 65.4. The predicted octanol–water partition coefficient (Wildman–Crippen LogP) is 2.50. The summed E-state index contributed by atoms with van der Waals surface area (Å²) in [5.41, 5.74) is 4.98. The van der Waals surface area contributed by atoms with E-state index in [0.717, 1.165) is 0 Å². The Balaban J connectivity index is -0.000000157. The monoisotopic (exact) mass is 517 g/mol. The van der Waals surface area contributed by atoms with Crippen LogP contribution in [0.25, 0.3) is 0 Å². The molecule has 0 heterocycles. The van der Waals surface area contributed by atoms with Gasteiger partial charge in [-0.3, -0.25) is 0 Å². The fourth-order valence-electron chi connectivity index (χ4n) is 0.545. The van der Waals surface area contributed by atoms with Crippen LogP contribution in [-0.4, -0.2) is 52.1 Å². The Hall–Kier alpha value is 0.0200. The maximum Gasteiger partial charge on any atom is 0.234 e. The molecule has 0 aromatic rings. The zero-order chi connectivity index (χ0) is 25.9. The molecule has 0 aromatic carbocycles. The minimum atomic E-state index is -3.27. The molecule has 188 valence electrons. The number of nitrogens with two attached hydrogens (primary N) is 2. The zero-order valence-corrected chi connectivity index (χ0v) is 23.6. The Morgan fingerprint density at radius 3 is 0.933 bits per heavy atom. The molecule has 0 aliphatic rings. The fraction of sp³-hybridized carbons (Fsp3) is 1.00. The molecular formula is C17H44ClN3O6S3. The van der Waals surface area contributed by atoms with Crippen molar-refractivity contribution in [1.82, 2.24) is 4.72 Å². The summed E-state index contributed by atoms with van der Waals surface area (Å²) in [5, 5.41) is 3.38. The van der Waals surface area contributed by atoms with E-state index in [1.165, 1.54) is 27.7 Å². The molecule has 0 unspecified atom stereocenters. The first-order valence-electron chi connectivity index (χ1n) is 9.30. The van der Waals surface area contributed by atoms with Gasteiger partial charge in [0.1, 0.15) is 0 Å². The van der Waals surface area contributed by atoms with Crippen LogP contribution in [0.2, 0.25) is 0 Å². The summed E-state index contributed by atoms with van der Waals surface area (Å²) in [7, 11) is -4.77. The Morgan fingerprint density at radius 2 is 0.900 bits per heavy atom. The molecule has 0 rings (SSSR count). The molecule has 5 N–H and O–H groups in total. The van der Waals surface area contributed by atoms with Crippen LogP contribution in [0.4, 0.5) is 0 Å². The fourth-order valence-corrected chi connectivity index (χ4v) is 1.63. The quantitative estimate of drug-likeness (QED) is 0.481. The van der Waals surface area contributed by atoms with E-state index in [4.69, 9.17) is 16.4 Å². The Bertz CT molecular complexity index is 721.